The lowest BCUT2D eigenvalue weighted by Crippen LogP contribution is -1.90. The second kappa shape index (κ2) is 5.69. The molecular formula is C11H9ClN2O2S2. The first-order chi connectivity index (χ1) is 8.56. The van der Waals surface area contributed by atoms with Gasteiger partial charge in [-0.05, 0) is 18.6 Å². The van der Waals surface area contributed by atoms with Gasteiger partial charge < -0.3 is 0 Å². The van der Waals surface area contributed by atoms with Gasteiger partial charge in [0.2, 0.25) is 0 Å². The van der Waals surface area contributed by atoms with E-state index in [-0.39, 0.29) is 5.69 Å². The Morgan fingerprint density at radius 2 is 2.33 bits per heavy atom. The number of thiazole rings is 1. The van der Waals surface area contributed by atoms with Gasteiger partial charge in [-0.3, -0.25) is 10.1 Å². The molecule has 0 saturated carbocycles. The summed E-state index contributed by atoms with van der Waals surface area (Å²) >= 11 is 9.11. The van der Waals surface area contributed by atoms with Crippen LogP contribution in [0.25, 0.3) is 0 Å². The highest BCUT2D eigenvalue weighted by atomic mass is 35.5. The van der Waals surface area contributed by atoms with E-state index in [9.17, 15) is 10.1 Å². The predicted octanol–water partition coefficient (Wildman–Crippen LogP) is 4.31. The number of hydrogen-bond donors (Lipinski definition) is 0. The highest BCUT2D eigenvalue weighted by Crippen LogP contribution is 2.30. The van der Waals surface area contributed by atoms with Crippen LogP contribution in [0.2, 0.25) is 5.02 Å². The van der Waals surface area contributed by atoms with E-state index < -0.39 is 4.92 Å². The van der Waals surface area contributed by atoms with E-state index in [0.29, 0.717) is 10.8 Å². The van der Waals surface area contributed by atoms with Crippen molar-refractivity contribution in [1.29, 1.82) is 0 Å². The molecule has 1 aromatic heterocycles. The molecule has 0 saturated heterocycles. The highest BCUT2D eigenvalue weighted by Gasteiger charge is 2.10. The third-order valence-corrected chi connectivity index (χ3v) is 4.75. The molecule has 4 nitrogen and oxygen atoms in total. The fourth-order valence-electron chi connectivity index (χ4n) is 1.32. The van der Waals surface area contributed by atoms with Gasteiger partial charge in [0.05, 0.1) is 4.92 Å². The summed E-state index contributed by atoms with van der Waals surface area (Å²) in [6.45, 7) is 1.93. The van der Waals surface area contributed by atoms with E-state index in [1.807, 2.05) is 12.3 Å². The Bertz CT molecular complexity index is 586. The smallest absolute Gasteiger partial charge is 0.258 e. The Balaban J connectivity index is 2.13. The quantitative estimate of drug-likeness (QED) is 0.480. The van der Waals surface area contributed by atoms with Crippen LogP contribution in [0.15, 0.2) is 27.9 Å². The minimum absolute atomic E-state index is 0.0605. The molecule has 0 bridgehead atoms. The van der Waals surface area contributed by atoms with Gasteiger partial charge in [0.25, 0.3) is 5.69 Å². The molecule has 1 heterocycles. The molecule has 0 aliphatic heterocycles. The van der Waals surface area contributed by atoms with Gasteiger partial charge in [-0.25, -0.2) is 4.98 Å². The fraction of sp³-hybridized carbons (Fsp3) is 0.182. The summed E-state index contributed by atoms with van der Waals surface area (Å²) in [4.78, 5) is 14.6. The molecule has 7 heteroatoms. The number of hydrogen-bond acceptors (Lipinski definition) is 5. The number of non-ortho nitro benzene ring substituents is 1. The van der Waals surface area contributed by atoms with Gasteiger partial charge in [0.15, 0.2) is 0 Å². The maximum atomic E-state index is 10.7. The molecule has 0 aliphatic rings. The second-order valence-electron chi connectivity index (χ2n) is 3.58. The van der Waals surface area contributed by atoms with Crippen LogP contribution >= 0.6 is 34.7 Å². The van der Waals surface area contributed by atoms with E-state index >= 15 is 0 Å². The summed E-state index contributed by atoms with van der Waals surface area (Å²) in [6.07, 6.45) is 0. The molecule has 94 valence electrons. The summed E-state index contributed by atoms with van der Waals surface area (Å²) in [5.41, 5.74) is 1.79. The Kier molecular flexibility index (Phi) is 4.21. The molecule has 0 atom stereocenters. The van der Waals surface area contributed by atoms with Crippen LogP contribution in [-0.4, -0.2) is 9.91 Å². The van der Waals surface area contributed by atoms with Crippen LogP contribution in [0.4, 0.5) is 5.69 Å². The lowest BCUT2D eigenvalue weighted by molar-refractivity contribution is -0.384. The summed E-state index contributed by atoms with van der Waals surface area (Å²) in [7, 11) is 0. The van der Waals surface area contributed by atoms with E-state index in [2.05, 4.69) is 4.98 Å². The third kappa shape index (κ3) is 3.22. The van der Waals surface area contributed by atoms with Gasteiger partial charge in [0.1, 0.15) is 4.34 Å². The molecule has 0 radical (unpaired) electrons. The minimum Gasteiger partial charge on any atom is -0.258 e. The first kappa shape index (κ1) is 13.3. The van der Waals surface area contributed by atoms with Crippen LogP contribution in [0, 0.1) is 17.0 Å². The number of aromatic nitrogens is 1. The second-order valence-corrected chi connectivity index (χ2v) is 6.06. The van der Waals surface area contributed by atoms with Crippen molar-refractivity contribution in [3.05, 3.63) is 50.0 Å². The lowest BCUT2D eigenvalue weighted by Gasteiger charge is -2.02. The zero-order chi connectivity index (χ0) is 13.1. The average molecular weight is 301 g/mol. The van der Waals surface area contributed by atoms with Crippen molar-refractivity contribution in [3.63, 3.8) is 0 Å². The summed E-state index contributed by atoms with van der Waals surface area (Å²) in [5, 5.41) is 13.2. The topological polar surface area (TPSA) is 56.0 Å². The van der Waals surface area contributed by atoms with E-state index in [1.54, 1.807) is 17.4 Å². The first-order valence-corrected chi connectivity index (χ1v) is 7.28. The van der Waals surface area contributed by atoms with Crippen LogP contribution in [-0.2, 0) is 5.75 Å². The molecule has 18 heavy (non-hydrogen) atoms. The van der Waals surface area contributed by atoms with Gasteiger partial charge in [-0.1, -0.05) is 23.4 Å². The van der Waals surface area contributed by atoms with Crippen molar-refractivity contribution in [2.24, 2.45) is 0 Å². The minimum atomic E-state index is -0.419. The molecule has 0 fully saturated rings. The Morgan fingerprint density at radius 1 is 1.56 bits per heavy atom. The van der Waals surface area contributed by atoms with Crippen LogP contribution < -0.4 is 0 Å². The standard InChI is InChI=1S/C11H9ClN2O2S2/c1-7-5-17-11(13-7)18-6-8-4-9(14(15)16)2-3-10(8)12/h2-5H,6H2,1H3. The van der Waals surface area contributed by atoms with Gasteiger partial charge in [-0.15, -0.1) is 11.3 Å². The van der Waals surface area contributed by atoms with Gasteiger partial charge in [-0.2, -0.15) is 0 Å². The van der Waals surface area contributed by atoms with Crippen LogP contribution in [0.5, 0.6) is 0 Å². The molecule has 0 amide bonds. The number of aryl methyl sites for hydroxylation is 1. The van der Waals surface area contributed by atoms with E-state index in [4.69, 9.17) is 11.6 Å². The Hall–Kier alpha value is -1.11. The van der Waals surface area contributed by atoms with Crippen molar-refractivity contribution in [1.82, 2.24) is 4.98 Å². The monoisotopic (exact) mass is 300 g/mol. The Labute approximate surface area is 117 Å². The Morgan fingerprint density at radius 3 is 2.94 bits per heavy atom. The summed E-state index contributed by atoms with van der Waals surface area (Å²) in [5.74, 6) is 0.577. The van der Waals surface area contributed by atoms with Crippen molar-refractivity contribution < 1.29 is 4.92 Å². The van der Waals surface area contributed by atoms with Crippen molar-refractivity contribution in [2.75, 3.05) is 0 Å². The summed E-state index contributed by atoms with van der Waals surface area (Å²) < 4.78 is 0.940. The van der Waals surface area contributed by atoms with E-state index in [0.717, 1.165) is 15.6 Å². The molecule has 0 spiro atoms. The molecule has 1 aromatic carbocycles. The molecule has 2 aromatic rings. The maximum Gasteiger partial charge on any atom is 0.269 e. The van der Waals surface area contributed by atoms with Gasteiger partial charge >= 0.3 is 0 Å². The number of nitro benzene ring substituents is 1. The van der Waals surface area contributed by atoms with Crippen LogP contribution in [0.1, 0.15) is 11.3 Å². The fourth-order valence-corrected chi connectivity index (χ4v) is 3.43. The lowest BCUT2D eigenvalue weighted by atomic mass is 10.2. The normalized spacial score (nSPS) is 10.6. The molecule has 0 aliphatic carbocycles. The van der Waals surface area contributed by atoms with Crippen molar-refractivity contribution in [2.45, 2.75) is 17.0 Å². The average Bonchev–Trinajstić information content (AvgIpc) is 2.74. The van der Waals surface area contributed by atoms with Crippen molar-refractivity contribution in [3.8, 4) is 0 Å². The number of thioether (sulfide) groups is 1. The number of nitrogens with zero attached hydrogens (tertiary/aromatic N) is 2. The zero-order valence-corrected chi connectivity index (χ0v) is 11.8. The first-order valence-electron chi connectivity index (χ1n) is 5.04. The van der Waals surface area contributed by atoms with Crippen LogP contribution in [0.3, 0.4) is 0 Å². The number of halogens is 1. The molecule has 2 rings (SSSR count). The SMILES string of the molecule is Cc1csc(SCc2cc([N+](=O)[O-])ccc2Cl)n1. The third-order valence-electron chi connectivity index (χ3n) is 2.19. The molecule has 0 unspecified atom stereocenters. The van der Waals surface area contributed by atoms with E-state index in [1.165, 1.54) is 23.9 Å². The zero-order valence-electron chi connectivity index (χ0n) is 9.42. The number of nitro groups is 1. The number of rotatable bonds is 4. The number of benzene rings is 1. The summed E-state index contributed by atoms with van der Waals surface area (Å²) in [6, 6.07) is 4.47. The highest BCUT2D eigenvalue weighted by molar-refractivity contribution is 8.00. The maximum absolute atomic E-state index is 10.7. The molecular weight excluding hydrogens is 292 g/mol. The molecule has 0 N–H and O–H groups in total. The predicted molar refractivity (Wildman–Crippen MR) is 74.5 cm³/mol. The largest absolute Gasteiger partial charge is 0.269 e. The van der Waals surface area contributed by atoms with Gasteiger partial charge in [0, 0.05) is 34.0 Å². The van der Waals surface area contributed by atoms with Crippen molar-refractivity contribution >= 4 is 40.4 Å².